The number of pyridine rings is 1. The summed E-state index contributed by atoms with van der Waals surface area (Å²) in [6, 6.07) is 10.5. The van der Waals surface area contributed by atoms with Crippen LogP contribution in [0.25, 0.3) is 0 Å². The zero-order valence-electron chi connectivity index (χ0n) is 11.0. The summed E-state index contributed by atoms with van der Waals surface area (Å²) >= 11 is 4.95. The third-order valence-electron chi connectivity index (χ3n) is 3.24. The monoisotopic (exact) mass is 384 g/mol. The van der Waals surface area contributed by atoms with Gasteiger partial charge in [0.1, 0.15) is 0 Å². The SMILES string of the molecule is O=S(=O)(c1ccc(Br)cc1)N1CCSC1c1cccnc1. The second-order valence-electron chi connectivity index (χ2n) is 4.58. The van der Waals surface area contributed by atoms with Gasteiger partial charge in [-0.05, 0) is 35.9 Å². The molecule has 0 N–H and O–H groups in total. The second-order valence-corrected chi connectivity index (χ2v) is 8.57. The van der Waals surface area contributed by atoms with E-state index >= 15 is 0 Å². The maximum atomic E-state index is 12.8. The van der Waals surface area contributed by atoms with Gasteiger partial charge in [0.05, 0.1) is 10.3 Å². The number of sulfonamides is 1. The van der Waals surface area contributed by atoms with E-state index in [4.69, 9.17) is 0 Å². The van der Waals surface area contributed by atoms with Crippen LogP contribution in [0.15, 0.2) is 58.2 Å². The van der Waals surface area contributed by atoms with Crippen LogP contribution in [0.4, 0.5) is 0 Å². The van der Waals surface area contributed by atoms with Crippen LogP contribution in [0.1, 0.15) is 10.9 Å². The van der Waals surface area contributed by atoms with Crippen molar-refractivity contribution in [3.05, 3.63) is 58.8 Å². The summed E-state index contributed by atoms with van der Waals surface area (Å²) < 4.78 is 28.0. The van der Waals surface area contributed by atoms with Crippen LogP contribution in [0.3, 0.4) is 0 Å². The van der Waals surface area contributed by atoms with Crippen molar-refractivity contribution in [3.8, 4) is 0 Å². The lowest BCUT2D eigenvalue weighted by Gasteiger charge is -2.23. The molecule has 0 aliphatic carbocycles. The number of aromatic nitrogens is 1. The summed E-state index contributed by atoms with van der Waals surface area (Å²) in [7, 11) is -3.49. The molecule has 2 heterocycles. The summed E-state index contributed by atoms with van der Waals surface area (Å²) in [6.45, 7) is 0.516. The first kappa shape index (κ1) is 15.0. The van der Waals surface area contributed by atoms with E-state index in [0.29, 0.717) is 11.4 Å². The van der Waals surface area contributed by atoms with Gasteiger partial charge in [-0.1, -0.05) is 22.0 Å². The van der Waals surface area contributed by atoms with E-state index in [0.717, 1.165) is 15.8 Å². The number of hydrogen-bond donors (Lipinski definition) is 0. The van der Waals surface area contributed by atoms with E-state index in [9.17, 15) is 8.42 Å². The zero-order chi connectivity index (χ0) is 14.9. The highest BCUT2D eigenvalue weighted by Crippen LogP contribution is 2.41. The Hall–Kier alpha value is -0.890. The van der Waals surface area contributed by atoms with E-state index in [-0.39, 0.29) is 5.37 Å². The van der Waals surface area contributed by atoms with Crippen molar-refractivity contribution >= 4 is 37.7 Å². The molecule has 7 heteroatoms. The Kier molecular flexibility index (Phi) is 4.35. The van der Waals surface area contributed by atoms with Gasteiger partial charge in [-0.2, -0.15) is 4.31 Å². The highest BCUT2D eigenvalue weighted by Gasteiger charge is 2.36. The van der Waals surface area contributed by atoms with E-state index in [1.165, 1.54) is 0 Å². The third kappa shape index (κ3) is 3.01. The minimum atomic E-state index is -3.49. The largest absolute Gasteiger partial charge is 0.264 e. The van der Waals surface area contributed by atoms with Gasteiger partial charge in [-0.15, -0.1) is 11.8 Å². The van der Waals surface area contributed by atoms with E-state index in [1.54, 1.807) is 52.7 Å². The summed E-state index contributed by atoms with van der Waals surface area (Å²) in [5, 5.41) is -0.202. The Morgan fingerprint density at radius 3 is 2.67 bits per heavy atom. The lowest BCUT2D eigenvalue weighted by atomic mass is 10.3. The molecule has 21 heavy (non-hydrogen) atoms. The fourth-order valence-corrected chi connectivity index (χ4v) is 5.71. The third-order valence-corrected chi connectivity index (χ3v) is 7.04. The lowest BCUT2D eigenvalue weighted by Crippen LogP contribution is -2.30. The molecule has 1 aliphatic heterocycles. The second kappa shape index (κ2) is 6.08. The van der Waals surface area contributed by atoms with Crippen molar-refractivity contribution in [2.24, 2.45) is 0 Å². The molecule has 2 aromatic rings. The normalized spacial score (nSPS) is 19.8. The first-order chi connectivity index (χ1) is 10.1. The van der Waals surface area contributed by atoms with Crippen LogP contribution in [0, 0.1) is 0 Å². The van der Waals surface area contributed by atoms with Crippen molar-refractivity contribution in [2.45, 2.75) is 10.3 Å². The molecule has 0 radical (unpaired) electrons. The first-order valence-corrected chi connectivity index (χ1v) is 9.66. The smallest absolute Gasteiger partial charge is 0.244 e. The molecule has 1 fully saturated rings. The maximum absolute atomic E-state index is 12.8. The van der Waals surface area contributed by atoms with E-state index in [1.807, 2.05) is 12.1 Å². The number of rotatable bonds is 3. The lowest BCUT2D eigenvalue weighted by molar-refractivity contribution is 0.434. The predicted octanol–water partition coefficient (Wildman–Crippen LogP) is 3.28. The summed E-state index contributed by atoms with van der Waals surface area (Å²) in [5.74, 6) is 0.787. The number of thioether (sulfide) groups is 1. The van der Waals surface area contributed by atoms with Crippen molar-refractivity contribution in [2.75, 3.05) is 12.3 Å². The fraction of sp³-hybridized carbons (Fsp3) is 0.214. The Morgan fingerprint density at radius 1 is 1.24 bits per heavy atom. The van der Waals surface area contributed by atoms with Gasteiger partial charge in [-0.3, -0.25) is 4.98 Å². The van der Waals surface area contributed by atoms with Gasteiger partial charge in [0.25, 0.3) is 0 Å². The molecule has 1 unspecified atom stereocenters. The minimum absolute atomic E-state index is 0.202. The predicted molar refractivity (Wildman–Crippen MR) is 87.5 cm³/mol. The molecular formula is C14H13BrN2O2S2. The summed E-state index contributed by atoms with van der Waals surface area (Å²) in [6.07, 6.45) is 3.42. The Morgan fingerprint density at radius 2 is 2.00 bits per heavy atom. The molecule has 0 saturated carbocycles. The number of hydrogen-bond acceptors (Lipinski definition) is 4. The molecule has 0 amide bonds. The van der Waals surface area contributed by atoms with E-state index in [2.05, 4.69) is 20.9 Å². The standard InChI is InChI=1S/C14H13BrN2O2S2/c15-12-3-5-13(6-4-12)21(18,19)17-8-9-20-14(17)11-2-1-7-16-10-11/h1-7,10,14H,8-9H2. The maximum Gasteiger partial charge on any atom is 0.244 e. The van der Waals surface area contributed by atoms with Gasteiger partial charge in [0, 0.05) is 29.2 Å². The number of nitrogens with zero attached hydrogens (tertiary/aromatic N) is 2. The average molecular weight is 385 g/mol. The van der Waals surface area contributed by atoms with Crippen molar-refractivity contribution in [1.82, 2.24) is 9.29 Å². The van der Waals surface area contributed by atoms with Crippen LogP contribution in [0.2, 0.25) is 0 Å². The van der Waals surface area contributed by atoms with Crippen LogP contribution in [0.5, 0.6) is 0 Å². The van der Waals surface area contributed by atoms with Gasteiger partial charge < -0.3 is 0 Å². The number of benzene rings is 1. The fourth-order valence-electron chi connectivity index (χ4n) is 2.23. The highest BCUT2D eigenvalue weighted by atomic mass is 79.9. The van der Waals surface area contributed by atoms with Gasteiger partial charge >= 0.3 is 0 Å². The molecule has 1 aromatic carbocycles. The van der Waals surface area contributed by atoms with Crippen LogP contribution in [-0.2, 0) is 10.0 Å². The summed E-state index contributed by atoms with van der Waals surface area (Å²) in [5.41, 5.74) is 0.917. The molecule has 3 rings (SSSR count). The van der Waals surface area contributed by atoms with Gasteiger partial charge in [0.15, 0.2) is 0 Å². The Balaban J connectivity index is 1.96. The quantitative estimate of drug-likeness (QED) is 0.814. The minimum Gasteiger partial charge on any atom is -0.264 e. The average Bonchev–Trinajstić information content (AvgIpc) is 2.99. The molecule has 1 aromatic heterocycles. The molecular weight excluding hydrogens is 372 g/mol. The molecule has 110 valence electrons. The molecule has 1 aliphatic rings. The highest BCUT2D eigenvalue weighted by molar-refractivity contribution is 9.10. The van der Waals surface area contributed by atoms with Crippen molar-refractivity contribution in [3.63, 3.8) is 0 Å². The van der Waals surface area contributed by atoms with Crippen molar-refractivity contribution < 1.29 is 8.42 Å². The molecule has 0 bridgehead atoms. The number of halogens is 1. The van der Waals surface area contributed by atoms with E-state index < -0.39 is 10.0 Å². The molecule has 0 spiro atoms. The van der Waals surface area contributed by atoms with Crippen LogP contribution < -0.4 is 0 Å². The van der Waals surface area contributed by atoms with Crippen LogP contribution >= 0.6 is 27.7 Å². The zero-order valence-corrected chi connectivity index (χ0v) is 14.2. The molecule has 1 saturated heterocycles. The van der Waals surface area contributed by atoms with Gasteiger partial charge in [0.2, 0.25) is 10.0 Å². The Labute approximate surface area is 136 Å². The van der Waals surface area contributed by atoms with Crippen LogP contribution in [-0.4, -0.2) is 30.0 Å². The summed E-state index contributed by atoms with van der Waals surface area (Å²) in [4.78, 5) is 4.41. The van der Waals surface area contributed by atoms with Crippen molar-refractivity contribution in [1.29, 1.82) is 0 Å². The van der Waals surface area contributed by atoms with Gasteiger partial charge in [-0.25, -0.2) is 8.42 Å². The molecule has 1 atom stereocenters. The topological polar surface area (TPSA) is 50.3 Å². The first-order valence-electron chi connectivity index (χ1n) is 6.38. The molecule has 4 nitrogen and oxygen atoms in total. The Bertz CT molecular complexity index is 720.